The molecular weight excluding hydrogens is 235 g/mol. The van der Waals surface area contributed by atoms with Gasteiger partial charge in [0.25, 0.3) is 11.7 Å². The fraction of sp³-hybridized carbons (Fsp3) is 0.250. The molecule has 0 aliphatic rings. The van der Waals surface area contributed by atoms with Crippen molar-refractivity contribution in [3.63, 3.8) is 0 Å². The highest BCUT2D eigenvalue weighted by Crippen LogP contribution is 2.29. The molecule has 76 valence electrons. The largest absolute Gasteiger partial charge is 0.274 e. The number of aromatic nitrogens is 1. The topological polar surface area (TPSA) is 30.0 Å². The van der Waals surface area contributed by atoms with Crippen LogP contribution in [0.15, 0.2) is 6.20 Å². The molecule has 0 radical (unpaired) electrons. The van der Waals surface area contributed by atoms with Crippen LogP contribution in [0.25, 0.3) is 0 Å². The average Bonchev–Trinajstić information content (AvgIpc) is 2.08. The van der Waals surface area contributed by atoms with Gasteiger partial charge in [-0.25, -0.2) is 13.8 Å². The highest BCUT2D eigenvalue weighted by Gasteiger charge is 2.18. The van der Waals surface area contributed by atoms with Crippen molar-refractivity contribution in [3.8, 4) is 0 Å². The van der Waals surface area contributed by atoms with Gasteiger partial charge in [-0.2, -0.15) is 0 Å². The molecule has 0 fully saturated rings. The Morgan fingerprint density at radius 1 is 1.57 bits per heavy atom. The first kappa shape index (κ1) is 11.3. The molecule has 0 atom stereocenters. The third kappa shape index (κ3) is 2.01. The second-order valence-corrected chi connectivity index (χ2v) is 3.30. The zero-order chi connectivity index (χ0) is 10.9. The van der Waals surface area contributed by atoms with Crippen LogP contribution in [0.3, 0.4) is 0 Å². The molecule has 14 heavy (non-hydrogen) atoms. The second kappa shape index (κ2) is 4.19. The van der Waals surface area contributed by atoms with Crippen molar-refractivity contribution in [1.82, 2.24) is 4.98 Å². The molecule has 1 rings (SSSR count). The smallest absolute Gasteiger partial charge is 0.272 e. The lowest BCUT2D eigenvalue weighted by atomic mass is 10.1. The van der Waals surface area contributed by atoms with Crippen LogP contribution < -0.4 is 0 Å². The third-order valence-electron chi connectivity index (χ3n) is 1.72. The first-order valence-electron chi connectivity index (χ1n) is 3.58. The van der Waals surface area contributed by atoms with Gasteiger partial charge >= 0.3 is 0 Å². The quantitative estimate of drug-likeness (QED) is 0.742. The summed E-state index contributed by atoms with van der Waals surface area (Å²) >= 11 is 10.8. The molecule has 1 heterocycles. The molecule has 6 heteroatoms. The average molecular weight is 240 g/mol. The van der Waals surface area contributed by atoms with Crippen molar-refractivity contribution >= 4 is 28.4 Å². The lowest BCUT2D eigenvalue weighted by Gasteiger charge is -2.07. The lowest BCUT2D eigenvalue weighted by molar-refractivity contribution is 0.107. The minimum absolute atomic E-state index is 0.122. The number of rotatable bonds is 2. The van der Waals surface area contributed by atoms with E-state index in [9.17, 15) is 13.6 Å². The van der Waals surface area contributed by atoms with Gasteiger partial charge in [0, 0.05) is 11.8 Å². The predicted octanol–water partition coefficient (Wildman–Crippen LogP) is 3.36. The monoisotopic (exact) mass is 239 g/mol. The highest BCUT2D eigenvalue weighted by atomic mass is 35.5. The molecule has 0 aliphatic heterocycles. The van der Waals surface area contributed by atoms with E-state index in [0.29, 0.717) is 0 Å². The Hall–Kier alpha value is -0.740. The molecule has 0 N–H and O–H groups in total. The van der Waals surface area contributed by atoms with Gasteiger partial charge in [-0.3, -0.25) is 4.79 Å². The summed E-state index contributed by atoms with van der Waals surface area (Å²) in [5.74, 6) is 0. The van der Waals surface area contributed by atoms with E-state index in [1.54, 1.807) is 0 Å². The Morgan fingerprint density at radius 3 is 2.57 bits per heavy atom. The van der Waals surface area contributed by atoms with E-state index in [1.807, 2.05) is 0 Å². The minimum Gasteiger partial charge on any atom is -0.274 e. The fourth-order valence-corrected chi connectivity index (χ4v) is 1.38. The first-order chi connectivity index (χ1) is 6.45. The summed E-state index contributed by atoms with van der Waals surface area (Å²) in [6.45, 7) is 1.38. The summed E-state index contributed by atoms with van der Waals surface area (Å²) in [5, 5.41) is -0.985. The van der Waals surface area contributed by atoms with Gasteiger partial charge in [0.15, 0.2) is 0 Å². The zero-order valence-electron chi connectivity index (χ0n) is 7.02. The minimum atomic E-state index is -2.67. The van der Waals surface area contributed by atoms with Gasteiger partial charge in [-0.1, -0.05) is 11.6 Å². The van der Waals surface area contributed by atoms with Crippen molar-refractivity contribution in [2.75, 3.05) is 0 Å². The SMILES string of the molecule is Cc1c(C(F)F)cnc(C(=O)Cl)c1Cl. The van der Waals surface area contributed by atoms with Crippen molar-refractivity contribution in [2.24, 2.45) is 0 Å². The third-order valence-corrected chi connectivity index (χ3v) is 2.37. The zero-order valence-corrected chi connectivity index (χ0v) is 8.53. The van der Waals surface area contributed by atoms with Crippen LogP contribution in [-0.4, -0.2) is 10.2 Å². The van der Waals surface area contributed by atoms with Gasteiger partial charge in [0.2, 0.25) is 0 Å². The number of carbonyl (C=O) groups is 1. The fourth-order valence-electron chi connectivity index (χ4n) is 0.949. The van der Waals surface area contributed by atoms with Gasteiger partial charge in [0.05, 0.1) is 5.02 Å². The summed E-state index contributed by atoms with van der Waals surface area (Å²) in [6, 6.07) is 0. The normalized spacial score (nSPS) is 10.7. The Morgan fingerprint density at radius 2 is 2.14 bits per heavy atom. The van der Waals surface area contributed by atoms with E-state index in [4.69, 9.17) is 23.2 Å². The summed E-state index contributed by atoms with van der Waals surface area (Å²) in [4.78, 5) is 14.2. The maximum absolute atomic E-state index is 12.3. The summed E-state index contributed by atoms with van der Waals surface area (Å²) in [6.07, 6.45) is -1.76. The highest BCUT2D eigenvalue weighted by molar-refractivity contribution is 6.68. The molecular formula is C8H5Cl2F2NO. The molecule has 0 aromatic carbocycles. The first-order valence-corrected chi connectivity index (χ1v) is 4.33. The summed E-state index contributed by atoms with van der Waals surface area (Å²) in [7, 11) is 0. The van der Waals surface area contributed by atoms with Crippen LogP contribution in [0.1, 0.15) is 28.0 Å². The molecule has 0 bridgehead atoms. The van der Waals surface area contributed by atoms with Crippen LogP contribution in [0.2, 0.25) is 5.02 Å². The van der Waals surface area contributed by atoms with Crippen LogP contribution in [0, 0.1) is 6.92 Å². The number of hydrogen-bond donors (Lipinski definition) is 0. The van der Waals surface area contributed by atoms with E-state index >= 15 is 0 Å². The van der Waals surface area contributed by atoms with E-state index in [2.05, 4.69) is 4.98 Å². The van der Waals surface area contributed by atoms with Crippen LogP contribution >= 0.6 is 23.2 Å². The molecule has 1 aromatic heterocycles. The molecule has 1 aromatic rings. The summed E-state index contributed by atoms with van der Waals surface area (Å²) in [5.41, 5.74) is -0.368. The Kier molecular flexibility index (Phi) is 3.39. The van der Waals surface area contributed by atoms with E-state index in [-0.39, 0.29) is 21.8 Å². The van der Waals surface area contributed by atoms with E-state index in [0.717, 1.165) is 6.20 Å². The van der Waals surface area contributed by atoms with Crippen molar-refractivity contribution in [3.05, 3.63) is 28.0 Å². The van der Waals surface area contributed by atoms with Crippen molar-refractivity contribution < 1.29 is 13.6 Å². The standard InChI is InChI=1S/C8H5Cl2F2NO/c1-3-4(8(11)12)2-13-6(5(3)9)7(10)14/h2,8H,1H3. The number of halogens is 4. The van der Waals surface area contributed by atoms with Crippen LogP contribution in [-0.2, 0) is 0 Å². The Bertz CT molecular complexity index is 382. The van der Waals surface area contributed by atoms with Gasteiger partial charge in [-0.05, 0) is 24.1 Å². The number of alkyl halides is 2. The van der Waals surface area contributed by atoms with Crippen molar-refractivity contribution in [1.29, 1.82) is 0 Å². The lowest BCUT2D eigenvalue weighted by Crippen LogP contribution is -2.01. The molecule has 0 saturated carbocycles. The summed E-state index contributed by atoms with van der Waals surface area (Å²) < 4.78 is 24.6. The number of hydrogen-bond acceptors (Lipinski definition) is 2. The van der Waals surface area contributed by atoms with Gasteiger partial charge in [0.1, 0.15) is 5.69 Å². The van der Waals surface area contributed by atoms with E-state index < -0.39 is 11.7 Å². The molecule has 0 aliphatic carbocycles. The molecule has 0 saturated heterocycles. The van der Waals surface area contributed by atoms with Crippen LogP contribution in [0.5, 0.6) is 0 Å². The molecule has 2 nitrogen and oxygen atoms in total. The van der Waals surface area contributed by atoms with Crippen molar-refractivity contribution in [2.45, 2.75) is 13.3 Å². The van der Waals surface area contributed by atoms with Gasteiger partial charge < -0.3 is 0 Å². The van der Waals surface area contributed by atoms with E-state index in [1.165, 1.54) is 6.92 Å². The molecule has 0 unspecified atom stereocenters. The van der Waals surface area contributed by atoms with Gasteiger partial charge in [-0.15, -0.1) is 0 Å². The number of carbonyl (C=O) groups excluding carboxylic acids is 1. The Balaban J connectivity index is 3.33. The number of pyridine rings is 1. The molecule has 0 amide bonds. The predicted molar refractivity (Wildman–Crippen MR) is 49.1 cm³/mol. The number of nitrogens with zero attached hydrogens (tertiary/aromatic N) is 1. The second-order valence-electron chi connectivity index (χ2n) is 2.58. The van der Waals surface area contributed by atoms with Crippen LogP contribution in [0.4, 0.5) is 8.78 Å². The Labute approximate surface area is 88.8 Å². The maximum Gasteiger partial charge on any atom is 0.272 e. The maximum atomic E-state index is 12.3. The molecule has 0 spiro atoms.